The summed E-state index contributed by atoms with van der Waals surface area (Å²) in [6, 6.07) is 4.13. The Labute approximate surface area is 237 Å². The molecule has 9 nitrogen and oxygen atoms in total. The van der Waals surface area contributed by atoms with E-state index >= 15 is 0 Å². The van der Waals surface area contributed by atoms with Crippen molar-refractivity contribution in [1.82, 2.24) is 14.8 Å². The van der Waals surface area contributed by atoms with E-state index in [1.165, 1.54) is 34.7 Å². The van der Waals surface area contributed by atoms with Crippen molar-refractivity contribution in [1.29, 1.82) is 0 Å². The average molecular weight is 579 g/mol. The van der Waals surface area contributed by atoms with Crippen molar-refractivity contribution in [3.8, 4) is 0 Å². The van der Waals surface area contributed by atoms with Crippen molar-refractivity contribution >= 4 is 17.7 Å². The summed E-state index contributed by atoms with van der Waals surface area (Å²) in [6.45, 7) is 9.96. The van der Waals surface area contributed by atoms with Crippen molar-refractivity contribution in [3.05, 3.63) is 63.1 Å². The standard InChI is InChI=1S/C29H37F3N4O5/c1-17-21(7-6-8-23(17)29(30,31)32)18(2)33-26(38)22-16-36(20-9-11-40-12-10-20)25(37)13-24(22)34-19-14-35(15-19)27(39)41-28(3,4)5/h6-8,13,16,18-20,34H,9-12,14-15H2,1-5H3,(H,33,38)/t18-/m1/s1. The van der Waals surface area contributed by atoms with Gasteiger partial charge in [0.15, 0.2) is 0 Å². The van der Waals surface area contributed by atoms with E-state index in [-0.39, 0.29) is 34.5 Å². The molecule has 1 atom stereocenters. The number of hydrogen-bond donors (Lipinski definition) is 2. The zero-order valence-electron chi connectivity index (χ0n) is 23.9. The molecule has 2 aliphatic rings. The predicted molar refractivity (Wildman–Crippen MR) is 147 cm³/mol. The molecule has 0 spiro atoms. The molecule has 0 bridgehead atoms. The third-order valence-electron chi connectivity index (χ3n) is 7.30. The second-order valence-corrected chi connectivity index (χ2v) is 11.6. The quantitative estimate of drug-likeness (QED) is 0.498. The minimum atomic E-state index is -4.52. The zero-order chi connectivity index (χ0) is 30.1. The van der Waals surface area contributed by atoms with Crippen LogP contribution >= 0.6 is 0 Å². The highest BCUT2D eigenvalue weighted by atomic mass is 19.4. The molecule has 0 saturated carbocycles. The molecular formula is C29H37F3N4O5. The van der Waals surface area contributed by atoms with Crippen LogP contribution in [0.2, 0.25) is 0 Å². The lowest BCUT2D eigenvalue weighted by Gasteiger charge is -2.40. The number of alkyl halides is 3. The van der Waals surface area contributed by atoms with Crippen molar-refractivity contribution in [2.24, 2.45) is 0 Å². The Bertz CT molecular complexity index is 1340. The number of amides is 2. The van der Waals surface area contributed by atoms with E-state index in [1.807, 2.05) is 0 Å². The monoisotopic (exact) mass is 578 g/mol. The topological polar surface area (TPSA) is 102 Å². The Morgan fingerprint density at radius 2 is 1.78 bits per heavy atom. The first-order valence-electron chi connectivity index (χ1n) is 13.7. The van der Waals surface area contributed by atoms with Gasteiger partial charge < -0.3 is 29.6 Å². The SMILES string of the molecule is Cc1c([C@@H](C)NC(=O)c2cn(C3CCOCC3)c(=O)cc2NC2CN(C(=O)OC(C)(C)C)C2)cccc1C(F)(F)F. The third-order valence-corrected chi connectivity index (χ3v) is 7.30. The predicted octanol–water partition coefficient (Wildman–Crippen LogP) is 5.05. The highest BCUT2D eigenvalue weighted by Gasteiger charge is 2.35. The van der Waals surface area contributed by atoms with E-state index < -0.39 is 35.4 Å². The first kappa shape index (κ1) is 30.4. The van der Waals surface area contributed by atoms with Crippen LogP contribution in [-0.2, 0) is 15.7 Å². The molecule has 1 aromatic heterocycles. The maximum Gasteiger partial charge on any atom is 0.416 e. The Balaban J connectivity index is 1.58. The molecule has 4 rings (SSSR count). The van der Waals surface area contributed by atoms with E-state index in [0.717, 1.165) is 6.07 Å². The Morgan fingerprint density at radius 1 is 1.12 bits per heavy atom. The summed E-state index contributed by atoms with van der Waals surface area (Å²) in [7, 11) is 0. The molecule has 2 aliphatic heterocycles. The Hall–Kier alpha value is -3.54. The van der Waals surface area contributed by atoms with Gasteiger partial charge in [-0.15, -0.1) is 0 Å². The van der Waals surface area contributed by atoms with E-state index in [4.69, 9.17) is 9.47 Å². The maximum atomic E-state index is 13.6. The first-order chi connectivity index (χ1) is 19.1. The van der Waals surface area contributed by atoms with Crippen molar-refractivity contribution in [2.45, 2.75) is 77.4 Å². The van der Waals surface area contributed by atoms with Gasteiger partial charge >= 0.3 is 12.3 Å². The molecule has 2 fully saturated rings. The molecular weight excluding hydrogens is 541 g/mol. The summed E-state index contributed by atoms with van der Waals surface area (Å²) in [4.78, 5) is 40.6. The fourth-order valence-electron chi connectivity index (χ4n) is 5.14. The number of nitrogens with zero attached hydrogens (tertiary/aromatic N) is 2. The van der Waals surface area contributed by atoms with Crippen LogP contribution in [-0.4, -0.2) is 59.4 Å². The van der Waals surface area contributed by atoms with Crippen LogP contribution in [0.3, 0.4) is 0 Å². The van der Waals surface area contributed by atoms with Crippen LogP contribution in [0.4, 0.5) is 23.7 Å². The summed E-state index contributed by atoms with van der Waals surface area (Å²) < 4.78 is 52.8. The normalized spacial score (nSPS) is 17.5. The lowest BCUT2D eigenvalue weighted by atomic mass is 9.97. The molecule has 3 heterocycles. The van der Waals surface area contributed by atoms with E-state index in [9.17, 15) is 27.6 Å². The molecule has 0 unspecified atom stereocenters. The van der Waals surface area contributed by atoms with Gasteiger partial charge in [0.1, 0.15) is 5.60 Å². The van der Waals surface area contributed by atoms with Crippen LogP contribution in [0, 0.1) is 6.92 Å². The van der Waals surface area contributed by atoms with E-state index in [2.05, 4.69) is 10.6 Å². The van der Waals surface area contributed by atoms with Gasteiger partial charge in [-0.25, -0.2) is 4.79 Å². The Morgan fingerprint density at radius 3 is 2.39 bits per heavy atom. The summed E-state index contributed by atoms with van der Waals surface area (Å²) in [5.41, 5.74) is -0.833. The molecule has 224 valence electrons. The summed E-state index contributed by atoms with van der Waals surface area (Å²) >= 11 is 0. The fourth-order valence-corrected chi connectivity index (χ4v) is 5.14. The summed E-state index contributed by atoms with van der Waals surface area (Å²) in [6.07, 6.45) is -2.24. The van der Waals surface area contributed by atoms with Crippen molar-refractivity contribution in [2.75, 3.05) is 31.6 Å². The number of halogens is 3. The third kappa shape index (κ3) is 7.22. The van der Waals surface area contributed by atoms with Crippen LogP contribution in [0.25, 0.3) is 0 Å². The molecule has 0 aliphatic carbocycles. The largest absolute Gasteiger partial charge is 0.444 e. The number of nitrogens with one attached hydrogen (secondary N) is 2. The molecule has 12 heteroatoms. The number of anilines is 1. The second kappa shape index (κ2) is 11.8. The highest BCUT2D eigenvalue weighted by Crippen LogP contribution is 2.34. The number of rotatable bonds is 6. The number of carbonyl (C=O) groups excluding carboxylic acids is 2. The number of ether oxygens (including phenoxy) is 2. The van der Waals surface area contributed by atoms with Crippen molar-refractivity contribution < 1.29 is 32.2 Å². The van der Waals surface area contributed by atoms with Gasteiger partial charge in [0.25, 0.3) is 11.5 Å². The molecule has 0 radical (unpaired) electrons. The van der Waals surface area contributed by atoms with Gasteiger partial charge in [0.2, 0.25) is 0 Å². The average Bonchev–Trinajstić information content (AvgIpc) is 2.84. The van der Waals surface area contributed by atoms with Gasteiger partial charge in [-0.3, -0.25) is 9.59 Å². The molecule has 2 amide bonds. The summed E-state index contributed by atoms with van der Waals surface area (Å²) in [5.74, 6) is -0.541. The number of aromatic nitrogens is 1. The van der Waals surface area contributed by atoms with Crippen molar-refractivity contribution in [3.63, 3.8) is 0 Å². The fraction of sp³-hybridized carbons (Fsp3) is 0.552. The highest BCUT2D eigenvalue weighted by molar-refractivity contribution is 5.99. The molecule has 2 N–H and O–H groups in total. The Kier molecular flexibility index (Phi) is 8.72. The minimum absolute atomic E-state index is 0.0371. The maximum absolute atomic E-state index is 13.6. The number of hydrogen-bond acceptors (Lipinski definition) is 6. The smallest absolute Gasteiger partial charge is 0.416 e. The lowest BCUT2D eigenvalue weighted by molar-refractivity contribution is -0.138. The van der Waals surface area contributed by atoms with Crippen LogP contribution in [0.1, 0.15) is 79.7 Å². The molecule has 41 heavy (non-hydrogen) atoms. The second-order valence-electron chi connectivity index (χ2n) is 11.6. The number of pyridine rings is 1. The zero-order valence-corrected chi connectivity index (χ0v) is 23.9. The molecule has 2 aromatic rings. The van der Waals surface area contributed by atoms with Gasteiger partial charge in [-0.1, -0.05) is 12.1 Å². The number of benzene rings is 1. The summed E-state index contributed by atoms with van der Waals surface area (Å²) in [5, 5.41) is 6.02. The van der Waals surface area contributed by atoms with Gasteiger partial charge in [0.05, 0.1) is 28.9 Å². The molecule has 2 saturated heterocycles. The first-order valence-corrected chi connectivity index (χ1v) is 13.7. The minimum Gasteiger partial charge on any atom is -0.444 e. The van der Waals surface area contributed by atoms with E-state index in [0.29, 0.717) is 44.7 Å². The molecule has 1 aromatic carbocycles. The number of carbonyl (C=O) groups is 2. The van der Waals surface area contributed by atoms with Gasteiger partial charge in [0, 0.05) is 44.6 Å². The van der Waals surface area contributed by atoms with E-state index in [1.54, 1.807) is 33.8 Å². The van der Waals surface area contributed by atoms with Crippen LogP contribution in [0.15, 0.2) is 35.3 Å². The lowest BCUT2D eigenvalue weighted by Crippen LogP contribution is -2.58. The van der Waals surface area contributed by atoms with Gasteiger partial charge in [-0.2, -0.15) is 13.2 Å². The van der Waals surface area contributed by atoms with Crippen LogP contribution in [0.5, 0.6) is 0 Å². The van der Waals surface area contributed by atoms with Crippen LogP contribution < -0.4 is 16.2 Å². The van der Waals surface area contributed by atoms with Gasteiger partial charge in [-0.05, 0) is 64.7 Å². The number of likely N-dealkylation sites (tertiary alicyclic amines) is 1.